The van der Waals surface area contributed by atoms with Crippen LogP contribution in [0, 0.1) is 10.1 Å². The van der Waals surface area contributed by atoms with Crippen molar-refractivity contribution in [3.8, 4) is 0 Å². The second-order valence-electron chi connectivity index (χ2n) is 9.63. The Morgan fingerprint density at radius 1 is 1.08 bits per heavy atom. The highest BCUT2D eigenvalue weighted by Gasteiger charge is 2.33. The zero-order valence-corrected chi connectivity index (χ0v) is 21.5. The average molecular weight is 525 g/mol. The van der Waals surface area contributed by atoms with E-state index in [0.29, 0.717) is 23.6 Å². The Balaban J connectivity index is 1.73. The van der Waals surface area contributed by atoms with Gasteiger partial charge in [-0.25, -0.2) is 13.2 Å². The van der Waals surface area contributed by atoms with Crippen LogP contribution in [-0.4, -0.2) is 38.1 Å². The topological polar surface area (TPSA) is 131 Å². The Morgan fingerprint density at radius 3 is 2.38 bits per heavy atom. The van der Waals surface area contributed by atoms with Gasteiger partial charge in [-0.2, -0.15) is 0 Å². The van der Waals surface area contributed by atoms with Crippen molar-refractivity contribution in [3.63, 3.8) is 0 Å². The lowest BCUT2D eigenvalue weighted by Crippen LogP contribution is -2.34. The van der Waals surface area contributed by atoms with Gasteiger partial charge in [0.1, 0.15) is 5.60 Å². The van der Waals surface area contributed by atoms with E-state index in [1.165, 1.54) is 28.6 Å². The number of anilines is 3. The van der Waals surface area contributed by atoms with Crippen molar-refractivity contribution in [2.75, 3.05) is 28.0 Å². The van der Waals surface area contributed by atoms with Crippen LogP contribution in [-0.2, 0) is 14.8 Å². The molecule has 1 heterocycles. The van der Waals surface area contributed by atoms with Gasteiger partial charge in [-0.05, 0) is 56.7 Å². The van der Waals surface area contributed by atoms with Crippen molar-refractivity contribution in [1.82, 2.24) is 0 Å². The quantitative estimate of drug-likeness (QED) is 0.340. The fraction of sp³-hybridized carbons (Fsp3) is 0.269. The maximum Gasteiger partial charge on any atom is 0.412 e. The highest BCUT2D eigenvalue weighted by Crippen LogP contribution is 2.38. The van der Waals surface area contributed by atoms with E-state index in [9.17, 15) is 23.3 Å². The average Bonchev–Trinajstić information content (AvgIpc) is 3.03. The fourth-order valence-electron chi connectivity index (χ4n) is 4.03. The summed E-state index contributed by atoms with van der Waals surface area (Å²) in [4.78, 5) is 22.7. The number of rotatable bonds is 5. The van der Waals surface area contributed by atoms with Crippen molar-refractivity contribution in [1.29, 1.82) is 0 Å². The summed E-state index contributed by atoms with van der Waals surface area (Å²) in [5.41, 5.74) is 1.43. The van der Waals surface area contributed by atoms with Crippen LogP contribution in [0.5, 0.6) is 0 Å². The number of carbonyl (C=O) groups is 1. The largest absolute Gasteiger partial charge is 0.444 e. The number of carbonyl (C=O) groups excluding carboxylic acids is 1. The first-order chi connectivity index (χ1) is 17.4. The summed E-state index contributed by atoms with van der Waals surface area (Å²) in [6.07, 6.45) is -0.626. The third kappa shape index (κ3) is 6.00. The van der Waals surface area contributed by atoms with Crippen LogP contribution in [0.25, 0.3) is 0 Å². The first-order valence-electron chi connectivity index (χ1n) is 11.6. The minimum absolute atomic E-state index is 0.0614. The molecule has 0 saturated carbocycles. The lowest BCUT2D eigenvalue weighted by Gasteiger charge is -2.27. The van der Waals surface area contributed by atoms with E-state index in [-0.39, 0.29) is 23.0 Å². The number of amides is 1. The third-order valence-electron chi connectivity index (χ3n) is 5.74. The minimum Gasteiger partial charge on any atom is -0.444 e. The molecular weight excluding hydrogens is 496 g/mol. The normalized spacial score (nSPS) is 15.6. The number of non-ortho nitro benzene ring substituents is 1. The molecule has 194 valence electrons. The van der Waals surface area contributed by atoms with E-state index >= 15 is 0 Å². The highest BCUT2D eigenvalue weighted by molar-refractivity contribution is 7.92. The molecule has 0 radical (unpaired) electrons. The van der Waals surface area contributed by atoms with Gasteiger partial charge in [0.2, 0.25) is 0 Å². The Hall–Kier alpha value is -4.12. The Morgan fingerprint density at radius 2 is 1.76 bits per heavy atom. The van der Waals surface area contributed by atoms with Gasteiger partial charge >= 0.3 is 6.09 Å². The predicted octanol–water partition coefficient (Wildman–Crippen LogP) is 5.35. The summed E-state index contributed by atoms with van der Waals surface area (Å²) in [5.74, 6) is -0.191. The molecule has 37 heavy (non-hydrogen) atoms. The van der Waals surface area contributed by atoms with Crippen molar-refractivity contribution in [2.45, 2.75) is 37.2 Å². The van der Waals surface area contributed by atoms with Gasteiger partial charge < -0.3 is 10.1 Å². The maximum absolute atomic E-state index is 13.8. The number of fused-ring (bicyclic) bond motifs is 1. The predicted molar refractivity (Wildman–Crippen MR) is 142 cm³/mol. The van der Waals surface area contributed by atoms with Crippen molar-refractivity contribution < 1.29 is 22.9 Å². The highest BCUT2D eigenvalue weighted by atomic mass is 32.2. The van der Waals surface area contributed by atoms with E-state index in [1.807, 2.05) is 30.3 Å². The minimum atomic E-state index is -4.08. The lowest BCUT2D eigenvalue weighted by molar-refractivity contribution is -0.384. The van der Waals surface area contributed by atoms with Crippen molar-refractivity contribution in [3.05, 3.63) is 88.5 Å². The number of nitrogens with zero attached hydrogens (tertiary/aromatic N) is 2. The van der Waals surface area contributed by atoms with E-state index in [1.54, 1.807) is 39.0 Å². The number of ether oxygens (including phenoxy) is 1. The lowest BCUT2D eigenvalue weighted by atomic mass is 9.99. The van der Waals surface area contributed by atoms with Gasteiger partial charge in [-0.15, -0.1) is 0 Å². The molecule has 2 N–H and O–H groups in total. The molecule has 4 rings (SSSR count). The molecule has 0 fully saturated rings. The number of benzene rings is 3. The van der Waals surface area contributed by atoms with Crippen LogP contribution in [0.4, 0.5) is 27.5 Å². The SMILES string of the molecule is CC(C)(C)OC(=O)Nc1ccc2c(c1)NCC(c1ccccc1)CN2S(=O)(=O)c1ccc([N+](=O)[O-])cc1. The monoisotopic (exact) mass is 524 g/mol. The van der Waals surface area contributed by atoms with Crippen LogP contribution < -0.4 is 14.9 Å². The molecule has 0 aliphatic carbocycles. The van der Waals surface area contributed by atoms with E-state index in [4.69, 9.17) is 4.74 Å². The molecule has 0 bridgehead atoms. The number of hydrogen-bond donors (Lipinski definition) is 2. The number of nitrogens with one attached hydrogen (secondary N) is 2. The van der Waals surface area contributed by atoms with Crippen LogP contribution in [0.3, 0.4) is 0 Å². The Kier molecular flexibility index (Phi) is 7.08. The van der Waals surface area contributed by atoms with Crippen LogP contribution in [0.1, 0.15) is 32.3 Å². The van der Waals surface area contributed by atoms with E-state index in [2.05, 4.69) is 10.6 Å². The molecule has 1 aliphatic rings. The second kappa shape index (κ2) is 10.1. The number of nitro benzene ring substituents is 1. The maximum atomic E-state index is 13.8. The van der Waals surface area contributed by atoms with Gasteiger partial charge in [0.15, 0.2) is 0 Å². The molecule has 11 heteroatoms. The van der Waals surface area contributed by atoms with E-state index < -0.39 is 26.6 Å². The molecule has 0 saturated heterocycles. The molecule has 3 aromatic carbocycles. The standard InChI is InChI=1S/C26H28N4O6S/c1-26(2,3)36-25(31)28-20-9-14-24-23(15-20)27-16-19(18-7-5-4-6-8-18)17-29(24)37(34,35)22-12-10-21(11-13-22)30(32)33/h4-15,19,27H,16-17H2,1-3H3,(H,28,31). The smallest absolute Gasteiger partial charge is 0.412 e. The van der Waals surface area contributed by atoms with Gasteiger partial charge in [-0.3, -0.25) is 19.7 Å². The first-order valence-corrected chi connectivity index (χ1v) is 13.1. The van der Waals surface area contributed by atoms with Gasteiger partial charge in [0.25, 0.3) is 15.7 Å². The van der Waals surface area contributed by atoms with E-state index in [0.717, 1.165) is 5.56 Å². The van der Waals surface area contributed by atoms with Crippen molar-refractivity contribution >= 4 is 38.9 Å². The summed E-state index contributed by atoms with van der Waals surface area (Å²) in [6, 6.07) is 19.3. The van der Waals surface area contributed by atoms with Crippen molar-refractivity contribution in [2.24, 2.45) is 0 Å². The summed E-state index contributed by atoms with van der Waals surface area (Å²) >= 11 is 0. The summed E-state index contributed by atoms with van der Waals surface area (Å²) in [5, 5.41) is 17.1. The second-order valence-corrected chi connectivity index (χ2v) is 11.5. The fourth-order valence-corrected chi connectivity index (χ4v) is 5.56. The zero-order valence-electron chi connectivity index (χ0n) is 20.7. The molecular formula is C26H28N4O6S. The molecule has 0 aromatic heterocycles. The van der Waals surface area contributed by atoms with Gasteiger partial charge in [0.05, 0.1) is 21.2 Å². The van der Waals surface area contributed by atoms with Crippen LogP contribution in [0.15, 0.2) is 77.7 Å². The Bertz CT molecular complexity index is 1400. The molecule has 3 aromatic rings. The number of sulfonamides is 1. The van der Waals surface area contributed by atoms with Gasteiger partial charge in [-0.1, -0.05) is 30.3 Å². The molecule has 1 amide bonds. The molecule has 1 atom stereocenters. The first kappa shape index (κ1) is 26.0. The number of hydrogen-bond acceptors (Lipinski definition) is 7. The summed E-state index contributed by atoms with van der Waals surface area (Å²) in [7, 11) is -4.08. The molecule has 1 unspecified atom stereocenters. The summed E-state index contributed by atoms with van der Waals surface area (Å²) in [6.45, 7) is 5.86. The molecule has 1 aliphatic heterocycles. The van der Waals surface area contributed by atoms with Crippen LogP contribution in [0.2, 0.25) is 0 Å². The summed E-state index contributed by atoms with van der Waals surface area (Å²) < 4.78 is 34.3. The molecule has 10 nitrogen and oxygen atoms in total. The Labute approximate surface area is 215 Å². The number of nitro groups is 1. The van der Waals surface area contributed by atoms with Gasteiger partial charge in [0, 0.05) is 36.8 Å². The third-order valence-corrected chi connectivity index (χ3v) is 7.54. The van der Waals surface area contributed by atoms with Crippen LogP contribution >= 0.6 is 0 Å². The molecule has 0 spiro atoms. The zero-order chi connectivity index (χ0) is 26.8.